The summed E-state index contributed by atoms with van der Waals surface area (Å²) in [7, 11) is 1.66. The molecule has 178 valence electrons. The lowest BCUT2D eigenvalue weighted by molar-refractivity contribution is -0.156. The van der Waals surface area contributed by atoms with Crippen LogP contribution in [0.2, 0.25) is 0 Å². The molecule has 0 radical (unpaired) electrons. The van der Waals surface area contributed by atoms with Gasteiger partial charge in [-0.15, -0.1) is 5.10 Å². The molecule has 0 unspecified atom stereocenters. The number of ether oxygens (including phenoxy) is 3. The molecule has 0 amide bonds. The van der Waals surface area contributed by atoms with Gasteiger partial charge < -0.3 is 14.2 Å². The summed E-state index contributed by atoms with van der Waals surface area (Å²) in [6.45, 7) is 8.71. The minimum absolute atomic E-state index is 0.106. The first-order chi connectivity index (χ1) is 15.7. The van der Waals surface area contributed by atoms with Crippen LogP contribution in [-0.2, 0) is 9.53 Å². The molecule has 2 aliphatic rings. The molecular weight excluding hydrogens is 416 g/mol. The third-order valence-corrected chi connectivity index (χ3v) is 6.70. The van der Waals surface area contributed by atoms with Crippen molar-refractivity contribution in [2.45, 2.75) is 71.3 Å². The molecule has 0 spiro atoms. The van der Waals surface area contributed by atoms with Crippen molar-refractivity contribution >= 4 is 5.97 Å². The van der Waals surface area contributed by atoms with Gasteiger partial charge >= 0.3 is 5.97 Å². The predicted molar refractivity (Wildman–Crippen MR) is 127 cm³/mol. The maximum absolute atomic E-state index is 12.5. The van der Waals surface area contributed by atoms with Crippen LogP contribution in [0, 0.1) is 17.8 Å². The monoisotopic (exact) mass is 452 g/mol. The average Bonchev–Trinajstić information content (AvgIpc) is 3.58. The summed E-state index contributed by atoms with van der Waals surface area (Å²) >= 11 is 0. The van der Waals surface area contributed by atoms with Crippen LogP contribution >= 0.6 is 0 Å². The maximum atomic E-state index is 12.5. The Bertz CT molecular complexity index is 976. The number of benzene rings is 1. The van der Waals surface area contributed by atoms with Gasteiger partial charge in [0.1, 0.15) is 11.4 Å². The van der Waals surface area contributed by atoms with Crippen LogP contribution in [-0.4, -0.2) is 35.5 Å². The van der Waals surface area contributed by atoms with E-state index in [1.165, 1.54) is 25.7 Å². The topological polar surface area (TPSA) is 70.5 Å². The Hall–Kier alpha value is -2.63. The molecule has 2 fully saturated rings. The largest absolute Gasteiger partial charge is 0.496 e. The third-order valence-electron chi connectivity index (χ3n) is 6.70. The minimum Gasteiger partial charge on any atom is -0.496 e. The quantitative estimate of drug-likeness (QED) is 0.494. The van der Waals surface area contributed by atoms with Crippen LogP contribution in [0.3, 0.4) is 0 Å². The Kier molecular flexibility index (Phi) is 6.91. The summed E-state index contributed by atoms with van der Waals surface area (Å²) in [4.78, 5) is 12.5. The first kappa shape index (κ1) is 23.5. The van der Waals surface area contributed by atoms with Gasteiger partial charge in [-0.1, -0.05) is 25.8 Å². The van der Waals surface area contributed by atoms with E-state index in [2.05, 4.69) is 23.2 Å². The van der Waals surface area contributed by atoms with Gasteiger partial charge in [0.25, 0.3) is 0 Å². The molecule has 0 N–H and O–H groups in total. The number of esters is 1. The van der Waals surface area contributed by atoms with Crippen LogP contribution < -0.4 is 9.47 Å². The van der Waals surface area contributed by atoms with Crippen molar-refractivity contribution < 1.29 is 19.0 Å². The normalized spacial score (nSPS) is 24.8. The zero-order valence-electron chi connectivity index (χ0n) is 20.5. The molecular formula is C27H36N2O4. The number of carbonyl (C=O) groups is 1. The van der Waals surface area contributed by atoms with Crippen molar-refractivity contribution in [1.82, 2.24) is 10.2 Å². The molecule has 0 saturated heterocycles. The number of hydrogen-bond acceptors (Lipinski definition) is 6. The molecule has 0 aliphatic heterocycles. The van der Waals surface area contributed by atoms with E-state index in [9.17, 15) is 4.79 Å². The van der Waals surface area contributed by atoms with E-state index < -0.39 is 5.60 Å². The van der Waals surface area contributed by atoms with Crippen LogP contribution in [0.1, 0.15) is 71.3 Å². The van der Waals surface area contributed by atoms with Crippen LogP contribution in [0.5, 0.6) is 11.6 Å². The lowest BCUT2D eigenvalue weighted by Gasteiger charge is -2.25. The predicted octanol–water partition coefficient (Wildman–Crippen LogP) is 5.80. The second-order valence-corrected chi connectivity index (χ2v) is 10.7. The lowest BCUT2D eigenvalue weighted by Crippen LogP contribution is -2.25. The smallest absolute Gasteiger partial charge is 0.310 e. The molecule has 6 nitrogen and oxygen atoms in total. The van der Waals surface area contributed by atoms with E-state index in [-0.39, 0.29) is 17.8 Å². The summed E-state index contributed by atoms with van der Waals surface area (Å²) in [6.07, 6.45) is 7.52. The summed E-state index contributed by atoms with van der Waals surface area (Å²) < 4.78 is 17.2. The second kappa shape index (κ2) is 9.70. The van der Waals surface area contributed by atoms with Gasteiger partial charge in [-0.3, -0.25) is 4.79 Å². The summed E-state index contributed by atoms with van der Waals surface area (Å²) in [5.74, 6) is 2.61. The zero-order chi connectivity index (χ0) is 23.6. The first-order valence-corrected chi connectivity index (χ1v) is 12.1. The van der Waals surface area contributed by atoms with Crippen LogP contribution in [0.25, 0.3) is 11.1 Å². The average molecular weight is 453 g/mol. The molecule has 1 aromatic carbocycles. The highest BCUT2D eigenvalue weighted by Gasteiger charge is 2.47. The maximum Gasteiger partial charge on any atom is 0.310 e. The highest BCUT2D eigenvalue weighted by Crippen LogP contribution is 2.52. The Labute approximate surface area is 197 Å². The molecule has 2 atom stereocenters. The molecule has 33 heavy (non-hydrogen) atoms. The minimum atomic E-state index is -0.481. The zero-order valence-corrected chi connectivity index (χ0v) is 20.5. The van der Waals surface area contributed by atoms with Gasteiger partial charge in [-0.25, -0.2) is 0 Å². The van der Waals surface area contributed by atoms with Crippen molar-refractivity contribution in [3.63, 3.8) is 0 Å². The van der Waals surface area contributed by atoms with Gasteiger partial charge in [0.2, 0.25) is 5.88 Å². The standard InChI is InChI=1S/C27H36N2O4/c1-17-6-8-18(9-7-17)16-32-25-13-20(15-28-29-25)19-10-11-24(31-5)22(12-19)21-14-23(21)26(30)33-27(2,3)4/h10-13,15,17-18,21,23H,6-9,14,16H2,1-5H3/t17?,18?,21-,23+/m0/s1. The van der Waals surface area contributed by atoms with Gasteiger partial charge in [-0.2, -0.15) is 5.10 Å². The van der Waals surface area contributed by atoms with Gasteiger partial charge in [0.15, 0.2) is 0 Å². The Morgan fingerprint density at radius 3 is 2.55 bits per heavy atom. The van der Waals surface area contributed by atoms with Crippen molar-refractivity contribution in [2.24, 2.45) is 17.8 Å². The number of rotatable bonds is 7. The fourth-order valence-corrected chi connectivity index (χ4v) is 4.65. The fraction of sp³-hybridized carbons (Fsp3) is 0.593. The van der Waals surface area contributed by atoms with Crippen molar-refractivity contribution in [1.29, 1.82) is 0 Å². The van der Waals surface area contributed by atoms with E-state index in [1.807, 2.05) is 39.0 Å². The number of nitrogens with zero attached hydrogens (tertiary/aromatic N) is 2. The third kappa shape index (κ3) is 6.04. The highest BCUT2D eigenvalue weighted by molar-refractivity contribution is 5.78. The Morgan fingerprint density at radius 2 is 1.85 bits per heavy atom. The number of methoxy groups -OCH3 is 1. The number of carbonyl (C=O) groups excluding carboxylic acids is 1. The van der Waals surface area contributed by atoms with Crippen LogP contribution in [0.4, 0.5) is 0 Å². The number of aromatic nitrogens is 2. The molecule has 2 aromatic rings. The highest BCUT2D eigenvalue weighted by atomic mass is 16.6. The van der Waals surface area contributed by atoms with Gasteiger partial charge in [0.05, 0.1) is 25.8 Å². The molecule has 0 bridgehead atoms. The van der Waals surface area contributed by atoms with E-state index in [1.54, 1.807) is 13.3 Å². The first-order valence-electron chi connectivity index (χ1n) is 12.1. The lowest BCUT2D eigenvalue weighted by atomic mass is 9.83. The molecule has 1 aromatic heterocycles. The fourth-order valence-electron chi connectivity index (χ4n) is 4.65. The van der Waals surface area contributed by atoms with E-state index in [4.69, 9.17) is 14.2 Å². The van der Waals surface area contributed by atoms with E-state index >= 15 is 0 Å². The van der Waals surface area contributed by atoms with Crippen LogP contribution in [0.15, 0.2) is 30.5 Å². The van der Waals surface area contributed by atoms with Crippen molar-refractivity contribution in [2.75, 3.05) is 13.7 Å². The van der Waals surface area contributed by atoms with Gasteiger partial charge in [-0.05, 0) is 75.1 Å². The van der Waals surface area contributed by atoms with E-state index in [0.717, 1.165) is 34.8 Å². The molecule has 4 rings (SSSR count). The number of hydrogen-bond donors (Lipinski definition) is 0. The molecule has 6 heteroatoms. The van der Waals surface area contributed by atoms with Gasteiger partial charge in [0, 0.05) is 17.5 Å². The van der Waals surface area contributed by atoms with E-state index in [0.29, 0.717) is 18.4 Å². The molecule has 1 heterocycles. The Morgan fingerprint density at radius 1 is 1.09 bits per heavy atom. The Balaban J connectivity index is 1.46. The summed E-state index contributed by atoms with van der Waals surface area (Å²) in [6, 6.07) is 8.01. The van der Waals surface area contributed by atoms with Crippen molar-refractivity contribution in [3.05, 3.63) is 36.0 Å². The summed E-state index contributed by atoms with van der Waals surface area (Å²) in [5.41, 5.74) is 2.49. The summed E-state index contributed by atoms with van der Waals surface area (Å²) in [5, 5.41) is 8.35. The SMILES string of the molecule is COc1ccc(-c2cnnc(OCC3CCC(C)CC3)c2)cc1[C@@H]1C[C@H]1C(=O)OC(C)(C)C. The van der Waals surface area contributed by atoms with Crippen molar-refractivity contribution in [3.8, 4) is 22.8 Å². The molecule has 2 aliphatic carbocycles. The second-order valence-electron chi connectivity index (χ2n) is 10.7. The molecule has 2 saturated carbocycles.